The van der Waals surface area contributed by atoms with Crippen LogP contribution in [0.5, 0.6) is 0 Å². The Bertz CT molecular complexity index is 689. The quantitative estimate of drug-likeness (QED) is 0.477. The van der Waals surface area contributed by atoms with Crippen LogP contribution in [0, 0.1) is 0 Å². The van der Waals surface area contributed by atoms with Gasteiger partial charge >= 0.3 is 12.4 Å². The van der Waals surface area contributed by atoms with Gasteiger partial charge in [0.2, 0.25) is 0 Å². The summed E-state index contributed by atoms with van der Waals surface area (Å²) in [4.78, 5) is 0. The third-order valence-corrected chi connectivity index (χ3v) is 23.2. The summed E-state index contributed by atoms with van der Waals surface area (Å²) in [5.74, 6) is 0. The Morgan fingerprint density at radius 2 is 0.731 bits per heavy atom. The van der Waals surface area contributed by atoms with Crippen LogP contribution in [0.15, 0.2) is 48.5 Å². The molecule has 0 fully saturated rings. The summed E-state index contributed by atoms with van der Waals surface area (Å²) < 4.78 is 76.7. The molecular weight excluding hydrogens is 386 g/mol. The maximum atomic E-state index is 12.8. The Labute approximate surface area is 150 Å². The van der Waals surface area contributed by atoms with E-state index >= 15 is 0 Å². The highest BCUT2D eigenvalue weighted by molar-refractivity contribution is 7.49. The van der Waals surface area contributed by atoms with Crippen molar-refractivity contribution < 1.29 is 26.3 Å². The van der Waals surface area contributed by atoms with E-state index in [1.54, 1.807) is 0 Å². The molecule has 0 aliphatic rings. The third kappa shape index (κ3) is 3.90. The van der Waals surface area contributed by atoms with E-state index in [4.69, 9.17) is 0 Å². The smallest absolute Gasteiger partial charge is 0.166 e. The molecule has 0 N–H and O–H groups in total. The molecule has 0 atom stereocenters. The van der Waals surface area contributed by atoms with Gasteiger partial charge < -0.3 is 0 Å². The fraction of sp³-hybridized carbons (Fsp3) is 0.333. The SMILES string of the molecule is C[Si](C)(c1ccc(C(F)(F)F)cc1)[Si](C)(C)c1ccc(C(F)(F)F)cc1. The maximum absolute atomic E-state index is 12.8. The van der Waals surface area contributed by atoms with Gasteiger partial charge in [-0.15, -0.1) is 0 Å². The molecule has 142 valence electrons. The van der Waals surface area contributed by atoms with Crippen LogP contribution in [0.2, 0.25) is 26.2 Å². The van der Waals surface area contributed by atoms with Gasteiger partial charge in [-0.25, -0.2) is 0 Å². The average Bonchev–Trinajstić information content (AvgIpc) is 2.53. The second-order valence-corrected chi connectivity index (χ2v) is 22.6. The second-order valence-electron chi connectivity index (χ2n) is 7.40. The van der Waals surface area contributed by atoms with Gasteiger partial charge in [-0.2, -0.15) is 26.3 Å². The zero-order valence-corrected chi connectivity index (χ0v) is 16.9. The molecule has 0 saturated heterocycles. The van der Waals surface area contributed by atoms with Gasteiger partial charge in [0, 0.05) is 0 Å². The van der Waals surface area contributed by atoms with Crippen LogP contribution >= 0.6 is 0 Å². The molecule has 0 nitrogen and oxygen atoms in total. The fourth-order valence-electron chi connectivity index (χ4n) is 2.87. The van der Waals surface area contributed by atoms with Gasteiger partial charge in [0.25, 0.3) is 0 Å². The molecule has 0 aliphatic heterocycles. The van der Waals surface area contributed by atoms with Crippen LogP contribution in [-0.4, -0.2) is 15.2 Å². The van der Waals surface area contributed by atoms with E-state index in [-0.39, 0.29) is 0 Å². The minimum absolute atomic E-state index is 0.694. The van der Waals surface area contributed by atoms with Crippen LogP contribution in [0.4, 0.5) is 26.3 Å². The number of hydrogen-bond donors (Lipinski definition) is 0. The lowest BCUT2D eigenvalue weighted by Gasteiger charge is -2.39. The van der Waals surface area contributed by atoms with E-state index < -0.39 is 38.7 Å². The molecule has 0 aliphatic carbocycles. The van der Waals surface area contributed by atoms with Crippen molar-refractivity contribution >= 4 is 25.6 Å². The highest BCUT2D eigenvalue weighted by Crippen LogP contribution is 2.30. The Balaban J connectivity index is 2.40. The van der Waals surface area contributed by atoms with Gasteiger partial charge in [0.1, 0.15) is 0 Å². The number of benzene rings is 2. The van der Waals surface area contributed by atoms with E-state index in [0.717, 1.165) is 34.6 Å². The van der Waals surface area contributed by atoms with Crippen LogP contribution in [-0.2, 0) is 12.4 Å². The molecule has 0 aromatic heterocycles. The molecule has 0 bridgehead atoms. The first-order valence-electron chi connectivity index (χ1n) is 8.03. The maximum Gasteiger partial charge on any atom is 0.416 e. The largest absolute Gasteiger partial charge is 0.416 e. The zero-order valence-electron chi connectivity index (χ0n) is 14.9. The van der Waals surface area contributed by atoms with Crippen molar-refractivity contribution in [3.63, 3.8) is 0 Å². The lowest BCUT2D eigenvalue weighted by Crippen LogP contribution is -2.69. The second kappa shape index (κ2) is 6.56. The first-order chi connectivity index (χ1) is 11.7. The molecule has 2 aromatic rings. The molecule has 0 radical (unpaired) electrons. The van der Waals surface area contributed by atoms with Gasteiger partial charge in [-0.05, 0) is 0 Å². The summed E-state index contributed by atoms with van der Waals surface area (Å²) >= 11 is 0. The van der Waals surface area contributed by atoms with Crippen LogP contribution in [0.1, 0.15) is 11.1 Å². The van der Waals surface area contributed by atoms with Crippen LogP contribution in [0.25, 0.3) is 0 Å². The Kier molecular flexibility index (Phi) is 5.24. The van der Waals surface area contributed by atoms with Crippen LogP contribution < -0.4 is 10.4 Å². The predicted octanol–water partition coefficient (Wildman–Crippen LogP) is 5.33. The lowest BCUT2D eigenvalue weighted by atomic mass is 10.2. The van der Waals surface area contributed by atoms with E-state index in [1.807, 2.05) is 0 Å². The minimum atomic E-state index is -4.38. The van der Waals surface area contributed by atoms with Gasteiger partial charge in [-0.1, -0.05) is 85.1 Å². The summed E-state index contributed by atoms with van der Waals surface area (Å²) in [7, 11) is -4.41. The van der Waals surface area contributed by atoms with Crippen molar-refractivity contribution in [2.24, 2.45) is 0 Å². The third-order valence-electron chi connectivity index (χ3n) is 5.43. The van der Waals surface area contributed by atoms with Crippen molar-refractivity contribution in [2.75, 3.05) is 0 Å². The first-order valence-corrected chi connectivity index (χ1v) is 15.0. The highest BCUT2D eigenvalue weighted by atomic mass is 29.3. The molecule has 0 heterocycles. The molecule has 0 spiro atoms. The monoisotopic (exact) mass is 406 g/mol. The zero-order chi connectivity index (χ0) is 20.0. The Hall–Kier alpha value is -1.55. The van der Waals surface area contributed by atoms with Gasteiger partial charge in [-0.3, -0.25) is 0 Å². The van der Waals surface area contributed by atoms with Crippen molar-refractivity contribution in [1.82, 2.24) is 0 Å². The summed E-state index contributed by atoms with van der Waals surface area (Å²) in [6.07, 6.45) is -8.77. The topological polar surface area (TPSA) is 0 Å². The standard InChI is InChI=1S/C18H20F6Si2/c1-25(2,15-9-5-13(6-10-15)17(19,20)21)26(3,4)16-11-7-14(8-12-16)18(22,23)24/h5-12H,1-4H3. The molecule has 2 rings (SSSR count). The first kappa shape index (κ1) is 20.8. The van der Waals surface area contributed by atoms with Gasteiger partial charge in [0.05, 0.1) is 26.3 Å². The summed E-state index contributed by atoms with van der Waals surface area (Å²) in [5, 5.41) is 1.75. The van der Waals surface area contributed by atoms with E-state index in [0.29, 0.717) is 0 Å². The summed E-state index contributed by atoms with van der Waals surface area (Å²) in [6, 6.07) is 10.4. The molecule has 2 aromatic carbocycles. The predicted molar refractivity (Wildman–Crippen MR) is 97.1 cm³/mol. The molecule has 0 unspecified atom stereocenters. The van der Waals surface area contributed by atoms with Crippen LogP contribution in [0.3, 0.4) is 0 Å². The summed E-state index contributed by atoms with van der Waals surface area (Å²) in [5.41, 5.74) is -1.39. The van der Waals surface area contributed by atoms with E-state index in [1.165, 1.54) is 24.3 Å². The van der Waals surface area contributed by atoms with Crippen molar-refractivity contribution in [3.8, 4) is 0 Å². The Morgan fingerprint density at radius 3 is 0.923 bits per heavy atom. The molecule has 0 saturated carbocycles. The lowest BCUT2D eigenvalue weighted by molar-refractivity contribution is -0.138. The van der Waals surface area contributed by atoms with E-state index in [9.17, 15) is 26.3 Å². The number of rotatable bonds is 3. The molecule has 26 heavy (non-hydrogen) atoms. The number of halogens is 6. The van der Waals surface area contributed by atoms with Crippen molar-refractivity contribution in [3.05, 3.63) is 59.7 Å². The van der Waals surface area contributed by atoms with Crippen molar-refractivity contribution in [1.29, 1.82) is 0 Å². The normalized spacial score (nSPS) is 13.8. The minimum Gasteiger partial charge on any atom is -0.166 e. The average molecular weight is 407 g/mol. The molecule has 8 heteroatoms. The number of hydrogen-bond acceptors (Lipinski definition) is 0. The highest BCUT2D eigenvalue weighted by Gasteiger charge is 2.44. The fourth-order valence-corrected chi connectivity index (χ4v) is 11.6. The van der Waals surface area contributed by atoms with E-state index in [2.05, 4.69) is 26.2 Å². The molecule has 0 amide bonds. The number of alkyl halides is 6. The van der Waals surface area contributed by atoms with Gasteiger partial charge in [0.15, 0.2) is 0 Å². The summed E-state index contributed by atoms with van der Waals surface area (Å²) in [6.45, 7) is 8.28. The molecular formula is C18H20F6Si2. The Morgan fingerprint density at radius 1 is 0.500 bits per heavy atom. The van der Waals surface area contributed by atoms with Crippen molar-refractivity contribution in [2.45, 2.75) is 38.5 Å².